The zero-order valence-corrected chi connectivity index (χ0v) is 15.2. The molecule has 0 saturated carbocycles. The van der Waals surface area contributed by atoms with Crippen molar-refractivity contribution in [1.29, 1.82) is 0 Å². The van der Waals surface area contributed by atoms with Crippen LogP contribution in [0.3, 0.4) is 0 Å². The molecule has 0 heterocycles. The van der Waals surface area contributed by atoms with E-state index in [1.54, 1.807) is 0 Å². The molecule has 0 aliphatic rings. The molecule has 0 atom stereocenters. The van der Waals surface area contributed by atoms with Crippen molar-refractivity contribution >= 4 is 27.5 Å². The molecule has 1 N–H and O–H groups in total. The average Bonchev–Trinajstić information content (AvgIpc) is 2.49. The summed E-state index contributed by atoms with van der Waals surface area (Å²) in [6, 6.07) is 4.25. The van der Waals surface area contributed by atoms with Gasteiger partial charge in [0.15, 0.2) is 0 Å². The summed E-state index contributed by atoms with van der Waals surface area (Å²) < 4.78 is 31.2. The quantitative estimate of drug-likeness (QED) is 0.684. The highest BCUT2D eigenvalue weighted by atomic mass is 35.5. The highest BCUT2D eigenvalue weighted by Crippen LogP contribution is 2.28. The molecule has 0 saturated heterocycles. The van der Waals surface area contributed by atoms with Gasteiger partial charge in [-0.2, -0.15) is 4.31 Å². The number of rotatable bonds is 9. The van der Waals surface area contributed by atoms with Gasteiger partial charge in [-0.15, -0.1) is 0 Å². The van der Waals surface area contributed by atoms with Gasteiger partial charge in [-0.3, -0.25) is 4.79 Å². The Bertz CT molecular complexity index is 634. The molecule has 1 amide bonds. The number of hydrogen-bond donors (Lipinski definition) is 1. The summed E-state index contributed by atoms with van der Waals surface area (Å²) in [7, 11) is -2.43. The molecule has 8 heteroatoms. The second-order valence-corrected chi connectivity index (χ2v) is 7.44. The van der Waals surface area contributed by atoms with E-state index in [9.17, 15) is 13.2 Å². The molecule has 1 aromatic rings. The number of carbonyl (C=O) groups is 1. The SMILES string of the molecule is CCCCNC(=O)CN(C)S(=O)(=O)c1ccc(OCC)c(Cl)c1. The lowest BCUT2D eigenvalue weighted by atomic mass is 10.3. The van der Waals surface area contributed by atoms with E-state index in [2.05, 4.69) is 5.32 Å². The van der Waals surface area contributed by atoms with Crippen molar-refractivity contribution in [1.82, 2.24) is 9.62 Å². The summed E-state index contributed by atoms with van der Waals surface area (Å²) in [5.41, 5.74) is 0. The van der Waals surface area contributed by atoms with Gasteiger partial charge in [-0.25, -0.2) is 8.42 Å². The van der Waals surface area contributed by atoms with Crippen molar-refractivity contribution in [2.24, 2.45) is 0 Å². The Kier molecular flexibility index (Phi) is 7.81. The number of nitrogens with one attached hydrogen (secondary N) is 1. The van der Waals surface area contributed by atoms with E-state index in [4.69, 9.17) is 16.3 Å². The largest absolute Gasteiger partial charge is 0.492 e. The molecule has 0 unspecified atom stereocenters. The van der Waals surface area contributed by atoms with Crippen molar-refractivity contribution in [2.75, 3.05) is 26.7 Å². The molecule has 1 aromatic carbocycles. The number of sulfonamides is 1. The monoisotopic (exact) mass is 362 g/mol. The van der Waals surface area contributed by atoms with Crippen molar-refractivity contribution in [3.63, 3.8) is 0 Å². The fourth-order valence-corrected chi connectivity index (χ4v) is 3.30. The molecule has 0 aliphatic carbocycles. The third-order valence-electron chi connectivity index (χ3n) is 3.13. The molecule has 6 nitrogen and oxygen atoms in total. The predicted octanol–water partition coefficient (Wildman–Crippen LogP) is 2.28. The third kappa shape index (κ3) is 5.67. The van der Waals surface area contributed by atoms with E-state index < -0.39 is 10.0 Å². The van der Waals surface area contributed by atoms with Gasteiger partial charge < -0.3 is 10.1 Å². The van der Waals surface area contributed by atoms with Crippen molar-refractivity contribution in [3.05, 3.63) is 23.2 Å². The fourth-order valence-electron chi connectivity index (χ4n) is 1.84. The summed E-state index contributed by atoms with van der Waals surface area (Å²) in [5.74, 6) is 0.0923. The van der Waals surface area contributed by atoms with Crippen molar-refractivity contribution < 1.29 is 17.9 Å². The summed E-state index contributed by atoms with van der Waals surface area (Å²) >= 11 is 6.02. The Morgan fingerprint density at radius 2 is 2.04 bits per heavy atom. The summed E-state index contributed by atoms with van der Waals surface area (Å²) in [6.45, 7) is 4.56. The van der Waals surface area contributed by atoms with Gasteiger partial charge in [0.05, 0.1) is 23.1 Å². The van der Waals surface area contributed by atoms with Gasteiger partial charge in [0.1, 0.15) is 5.75 Å². The third-order valence-corrected chi connectivity index (χ3v) is 5.22. The average molecular weight is 363 g/mol. The normalized spacial score (nSPS) is 11.5. The van der Waals surface area contributed by atoms with Crippen molar-refractivity contribution in [3.8, 4) is 5.75 Å². The lowest BCUT2D eigenvalue weighted by Crippen LogP contribution is -2.38. The molecule has 0 aliphatic heterocycles. The Hall–Kier alpha value is -1.31. The molecule has 1 rings (SSSR count). The number of halogens is 1. The number of likely N-dealkylation sites (N-methyl/N-ethyl adjacent to an activating group) is 1. The van der Waals surface area contributed by atoms with Gasteiger partial charge in [-0.1, -0.05) is 24.9 Å². The fraction of sp³-hybridized carbons (Fsp3) is 0.533. The van der Waals surface area contributed by atoms with Gasteiger partial charge >= 0.3 is 0 Å². The zero-order valence-electron chi connectivity index (χ0n) is 13.6. The van der Waals surface area contributed by atoms with E-state index >= 15 is 0 Å². The minimum absolute atomic E-state index is 0.0230. The summed E-state index contributed by atoms with van der Waals surface area (Å²) in [4.78, 5) is 11.8. The number of hydrogen-bond acceptors (Lipinski definition) is 4. The first-order chi connectivity index (χ1) is 10.8. The Labute approximate surface area is 142 Å². The number of amides is 1. The number of unbranched alkanes of at least 4 members (excludes halogenated alkanes) is 1. The standard InChI is InChI=1S/C15H23ClN2O4S/c1-4-6-9-17-15(19)11-18(3)23(20,21)12-7-8-14(22-5-2)13(16)10-12/h7-8,10H,4-6,9,11H2,1-3H3,(H,17,19). The summed E-state index contributed by atoms with van der Waals surface area (Å²) in [5, 5.41) is 2.90. The first-order valence-electron chi connectivity index (χ1n) is 7.48. The van der Waals surface area contributed by atoms with Crippen LogP contribution in [0.25, 0.3) is 0 Å². The van der Waals surface area contributed by atoms with Gasteiger partial charge in [0, 0.05) is 13.6 Å². The molecular weight excluding hydrogens is 340 g/mol. The molecule has 0 fully saturated rings. The first-order valence-corrected chi connectivity index (χ1v) is 9.30. The van der Waals surface area contributed by atoms with Gasteiger partial charge in [0.2, 0.25) is 15.9 Å². The van der Waals surface area contributed by atoms with Crippen LogP contribution in [-0.2, 0) is 14.8 Å². The van der Waals surface area contributed by atoms with Crippen LogP contribution < -0.4 is 10.1 Å². The first kappa shape index (κ1) is 19.7. The van der Waals surface area contributed by atoms with Crippen molar-refractivity contribution in [2.45, 2.75) is 31.6 Å². The van der Waals surface area contributed by atoms with Crippen LogP contribution >= 0.6 is 11.6 Å². The maximum absolute atomic E-state index is 12.5. The van der Waals surface area contributed by atoms with Gasteiger partial charge in [0.25, 0.3) is 0 Å². The van der Waals surface area contributed by atoms with E-state index in [1.807, 2.05) is 13.8 Å². The molecular formula is C15H23ClN2O4S. The van der Waals surface area contributed by atoms with Crippen LogP contribution in [0.1, 0.15) is 26.7 Å². The molecule has 0 radical (unpaired) electrons. The maximum Gasteiger partial charge on any atom is 0.243 e. The Balaban J connectivity index is 2.81. The predicted molar refractivity (Wildman–Crippen MR) is 90.4 cm³/mol. The van der Waals surface area contributed by atoms with Crippen LogP contribution in [0.4, 0.5) is 0 Å². The highest BCUT2D eigenvalue weighted by Gasteiger charge is 2.23. The van der Waals surface area contributed by atoms with E-state index in [1.165, 1.54) is 25.2 Å². The van der Waals surface area contributed by atoms with Crippen LogP contribution in [-0.4, -0.2) is 45.4 Å². The van der Waals surface area contributed by atoms with Crippen LogP contribution in [0.15, 0.2) is 23.1 Å². The molecule has 0 bridgehead atoms. The second-order valence-electron chi connectivity index (χ2n) is 4.99. The molecule has 23 heavy (non-hydrogen) atoms. The lowest BCUT2D eigenvalue weighted by molar-refractivity contribution is -0.121. The number of nitrogens with zero attached hydrogens (tertiary/aromatic N) is 1. The van der Waals surface area contributed by atoms with Gasteiger partial charge in [-0.05, 0) is 31.5 Å². The Morgan fingerprint density at radius 1 is 1.35 bits per heavy atom. The van der Waals surface area contributed by atoms with E-state index in [-0.39, 0.29) is 22.4 Å². The second kappa shape index (κ2) is 9.10. The smallest absolute Gasteiger partial charge is 0.243 e. The minimum Gasteiger partial charge on any atom is -0.492 e. The van der Waals surface area contributed by atoms with Crippen LogP contribution in [0, 0.1) is 0 Å². The molecule has 0 aromatic heterocycles. The number of ether oxygens (including phenoxy) is 1. The minimum atomic E-state index is -3.79. The van der Waals surface area contributed by atoms with E-state index in [0.717, 1.165) is 17.1 Å². The molecule has 0 spiro atoms. The number of carbonyl (C=O) groups excluding carboxylic acids is 1. The van der Waals surface area contributed by atoms with Crippen LogP contribution in [0.5, 0.6) is 5.75 Å². The zero-order chi connectivity index (χ0) is 17.5. The number of benzene rings is 1. The molecule has 130 valence electrons. The Morgan fingerprint density at radius 3 is 2.61 bits per heavy atom. The summed E-state index contributed by atoms with van der Waals surface area (Å²) in [6.07, 6.45) is 1.82. The topological polar surface area (TPSA) is 75.7 Å². The van der Waals surface area contributed by atoms with Crippen LogP contribution in [0.2, 0.25) is 5.02 Å². The van der Waals surface area contributed by atoms with E-state index in [0.29, 0.717) is 18.9 Å². The lowest BCUT2D eigenvalue weighted by Gasteiger charge is -2.17. The maximum atomic E-state index is 12.5. The highest BCUT2D eigenvalue weighted by molar-refractivity contribution is 7.89.